The lowest BCUT2D eigenvalue weighted by molar-refractivity contribution is -0.139. The highest BCUT2D eigenvalue weighted by atomic mass is 16.5. The topological polar surface area (TPSA) is 108 Å². The number of fused-ring (bicyclic) bond motifs is 3. The molecule has 0 spiro atoms. The number of amides is 2. The van der Waals surface area contributed by atoms with E-state index in [1.165, 1.54) is 11.1 Å². The zero-order chi connectivity index (χ0) is 24.8. The number of nitrogens with one attached hydrogen (secondary N) is 2. The number of carbonyl (C=O) groups excluding carboxylic acids is 2. The van der Waals surface area contributed by atoms with Crippen molar-refractivity contribution in [3.63, 3.8) is 0 Å². The summed E-state index contributed by atoms with van der Waals surface area (Å²) in [6, 6.07) is 16.3. The molecule has 0 bridgehead atoms. The average Bonchev–Trinajstić information content (AvgIpc) is 3.16. The van der Waals surface area contributed by atoms with Gasteiger partial charge in [-0.3, -0.25) is 9.59 Å². The van der Waals surface area contributed by atoms with Gasteiger partial charge in [0.15, 0.2) is 0 Å². The number of rotatable bonds is 9. The fraction of sp³-hybridized carbons (Fsp3) is 0.444. The minimum atomic E-state index is -0.910. The lowest BCUT2D eigenvalue weighted by Crippen LogP contribution is -2.55. The van der Waals surface area contributed by atoms with Gasteiger partial charge in [-0.1, -0.05) is 48.5 Å². The number of carboxylic acid groups (broad SMARTS) is 1. The van der Waals surface area contributed by atoms with Crippen molar-refractivity contribution in [3.05, 3.63) is 59.7 Å². The van der Waals surface area contributed by atoms with Crippen LogP contribution < -0.4 is 10.6 Å². The molecule has 2 aromatic rings. The summed E-state index contributed by atoms with van der Waals surface area (Å²) in [7, 11) is 1.99. The van der Waals surface area contributed by atoms with Gasteiger partial charge in [-0.05, 0) is 48.6 Å². The maximum Gasteiger partial charge on any atom is 0.407 e. The summed E-state index contributed by atoms with van der Waals surface area (Å²) in [5.74, 6) is -1.10. The molecule has 0 unspecified atom stereocenters. The molecule has 1 aliphatic heterocycles. The van der Waals surface area contributed by atoms with Crippen LogP contribution in [0, 0.1) is 0 Å². The molecule has 8 nitrogen and oxygen atoms in total. The van der Waals surface area contributed by atoms with Crippen LogP contribution in [-0.4, -0.2) is 66.8 Å². The van der Waals surface area contributed by atoms with E-state index in [4.69, 9.17) is 4.74 Å². The molecule has 2 aromatic carbocycles. The van der Waals surface area contributed by atoms with Crippen LogP contribution in [0.4, 0.5) is 4.79 Å². The van der Waals surface area contributed by atoms with Gasteiger partial charge in [0.1, 0.15) is 6.61 Å². The molecule has 0 saturated carbocycles. The number of piperidine rings is 1. The molecule has 186 valence electrons. The molecule has 0 atom stereocenters. The molecule has 1 aliphatic carbocycles. The number of hydrogen-bond donors (Lipinski definition) is 3. The number of hydrogen-bond acceptors (Lipinski definition) is 5. The number of carbonyl (C=O) groups is 3. The summed E-state index contributed by atoms with van der Waals surface area (Å²) in [6.45, 7) is 2.04. The summed E-state index contributed by atoms with van der Waals surface area (Å²) >= 11 is 0. The molecule has 3 N–H and O–H groups in total. The Labute approximate surface area is 205 Å². The second kappa shape index (κ2) is 10.9. The van der Waals surface area contributed by atoms with Crippen molar-refractivity contribution < 1.29 is 24.2 Å². The van der Waals surface area contributed by atoms with Crippen molar-refractivity contribution in [3.8, 4) is 11.1 Å². The van der Waals surface area contributed by atoms with Crippen molar-refractivity contribution >= 4 is 18.0 Å². The summed E-state index contributed by atoms with van der Waals surface area (Å²) in [6.07, 6.45) is 1.29. The first kappa shape index (κ1) is 24.7. The van der Waals surface area contributed by atoms with Gasteiger partial charge < -0.3 is 25.4 Å². The minimum Gasteiger partial charge on any atom is -0.481 e. The first-order chi connectivity index (χ1) is 16.9. The first-order valence-corrected chi connectivity index (χ1v) is 12.2. The van der Waals surface area contributed by atoms with Crippen molar-refractivity contribution in [2.24, 2.45) is 0 Å². The highest BCUT2D eigenvalue weighted by Crippen LogP contribution is 2.44. The second-order valence-corrected chi connectivity index (χ2v) is 9.56. The maximum atomic E-state index is 12.5. The zero-order valence-corrected chi connectivity index (χ0v) is 20.1. The Morgan fingerprint density at radius 1 is 1.03 bits per heavy atom. The van der Waals surface area contributed by atoms with E-state index in [-0.39, 0.29) is 31.3 Å². The van der Waals surface area contributed by atoms with Gasteiger partial charge in [-0.25, -0.2) is 4.79 Å². The zero-order valence-electron chi connectivity index (χ0n) is 20.1. The van der Waals surface area contributed by atoms with Gasteiger partial charge in [0.2, 0.25) is 5.91 Å². The van der Waals surface area contributed by atoms with E-state index in [1.54, 1.807) is 0 Å². The third-order valence-electron chi connectivity index (χ3n) is 7.03. The van der Waals surface area contributed by atoms with Gasteiger partial charge in [0.25, 0.3) is 0 Å². The maximum absolute atomic E-state index is 12.5. The first-order valence-electron chi connectivity index (χ1n) is 12.2. The van der Waals surface area contributed by atoms with Crippen molar-refractivity contribution in [1.82, 2.24) is 15.5 Å². The number of ether oxygens (including phenoxy) is 1. The lowest BCUT2D eigenvalue weighted by atomic mass is 9.84. The van der Waals surface area contributed by atoms with E-state index in [0.29, 0.717) is 25.8 Å². The average molecular weight is 480 g/mol. The van der Waals surface area contributed by atoms with Crippen molar-refractivity contribution in [2.45, 2.75) is 43.6 Å². The van der Waals surface area contributed by atoms with Gasteiger partial charge in [0, 0.05) is 32.0 Å². The molecule has 8 heteroatoms. The molecule has 1 saturated heterocycles. The van der Waals surface area contributed by atoms with Crippen LogP contribution in [0.5, 0.6) is 0 Å². The van der Waals surface area contributed by atoms with Crippen LogP contribution in [0.3, 0.4) is 0 Å². The Balaban J connectivity index is 1.21. The van der Waals surface area contributed by atoms with E-state index in [0.717, 1.165) is 24.2 Å². The SMILES string of the molecule is CN1CCC(CC(=O)O)(NC(=O)CCCNC(=O)OCC2c3ccccc3-c3ccccc32)CC1. The number of alkyl carbamates (subject to hydrolysis) is 1. The summed E-state index contributed by atoms with van der Waals surface area (Å²) in [4.78, 5) is 38.2. The van der Waals surface area contributed by atoms with Crippen LogP contribution >= 0.6 is 0 Å². The molecule has 1 fully saturated rings. The largest absolute Gasteiger partial charge is 0.481 e. The van der Waals surface area contributed by atoms with Crippen molar-refractivity contribution in [1.29, 1.82) is 0 Å². The van der Waals surface area contributed by atoms with Crippen LogP contribution in [0.1, 0.15) is 49.1 Å². The molecule has 0 radical (unpaired) electrons. The Morgan fingerprint density at radius 2 is 1.63 bits per heavy atom. The number of aliphatic carboxylic acids is 1. The summed E-state index contributed by atoms with van der Waals surface area (Å²) in [5.41, 5.74) is 3.96. The number of nitrogens with zero attached hydrogens (tertiary/aromatic N) is 1. The fourth-order valence-corrected chi connectivity index (χ4v) is 5.13. The van der Waals surface area contributed by atoms with Crippen LogP contribution in [0.2, 0.25) is 0 Å². The molecule has 2 amide bonds. The number of carboxylic acids is 1. The quantitative estimate of drug-likeness (QED) is 0.476. The van der Waals surface area contributed by atoms with Gasteiger partial charge in [-0.2, -0.15) is 0 Å². The minimum absolute atomic E-state index is 0.00103. The molecule has 4 rings (SSSR count). The normalized spacial score (nSPS) is 16.7. The molecular weight excluding hydrogens is 446 g/mol. The van der Waals surface area contributed by atoms with Crippen molar-refractivity contribution in [2.75, 3.05) is 33.3 Å². The van der Waals surface area contributed by atoms with E-state index in [2.05, 4.69) is 39.8 Å². The van der Waals surface area contributed by atoms with Gasteiger partial charge in [-0.15, -0.1) is 0 Å². The Bertz CT molecular complexity index is 1030. The number of benzene rings is 2. The molecule has 35 heavy (non-hydrogen) atoms. The Kier molecular flexibility index (Phi) is 7.70. The second-order valence-electron chi connectivity index (χ2n) is 9.56. The predicted octanol–water partition coefficient (Wildman–Crippen LogP) is 3.36. The predicted molar refractivity (Wildman–Crippen MR) is 132 cm³/mol. The van der Waals surface area contributed by atoms with E-state index in [1.807, 2.05) is 31.3 Å². The Morgan fingerprint density at radius 3 is 2.23 bits per heavy atom. The fourth-order valence-electron chi connectivity index (χ4n) is 5.13. The smallest absolute Gasteiger partial charge is 0.407 e. The Hall–Kier alpha value is -3.39. The van der Waals surface area contributed by atoms with Crippen LogP contribution in [0.25, 0.3) is 11.1 Å². The molecule has 1 heterocycles. The molecule has 0 aromatic heterocycles. The standard InChI is InChI=1S/C27H33N3O5/c1-30-15-12-27(13-16-30,17-25(32)33)29-24(31)11-6-14-28-26(34)35-18-23-21-9-4-2-7-19(21)20-8-3-5-10-22(20)23/h2-5,7-10,23H,6,11-18H2,1H3,(H,28,34)(H,29,31)(H,32,33). The van der Waals surface area contributed by atoms with E-state index in [9.17, 15) is 19.5 Å². The monoisotopic (exact) mass is 479 g/mol. The summed E-state index contributed by atoms with van der Waals surface area (Å²) in [5, 5.41) is 15.0. The number of likely N-dealkylation sites (tertiary alicyclic amines) is 1. The van der Waals surface area contributed by atoms with Gasteiger partial charge >= 0.3 is 12.1 Å². The third kappa shape index (κ3) is 6.00. The van der Waals surface area contributed by atoms with Crippen LogP contribution in [0.15, 0.2) is 48.5 Å². The highest BCUT2D eigenvalue weighted by molar-refractivity contribution is 5.79. The van der Waals surface area contributed by atoms with Crippen LogP contribution in [-0.2, 0) is 14.3 Å². The highest BCUT2D eigenvalue weighted by Gasteiger charge is 2.37. The third-order valence-corrected chi connectivity index (χ3v) is 7.03. The lowest BCUT2D eigenvalue weighted by Gasteiger charge is -2.40. The molecule has 2 aliphatic rings. The van der Waals surface area contributed by atoms with E-state index < -0.39 is 17.6 Å². The summed E-state index contributed by atoms with van der Waals surface area (Å²) < 4.78 is 5.52. The van der Waals surface area contributed by atoms with Gasteiger partial charge in [0.05, 0.1) is 12.0 Å². The molecular formula is C27H33N3O5. The van der Waals surface area contributed by atoms with E-state index >= 15 is 0 Å².